The second kappa shape index (κ2) is 8.18. The molecule has 2 N–H and O–H groups in total. The van der Waals surface area contributed by atoms with E-state index in [9.17, 15) is 14.4 Å². The summed E-state index contributed by atoms with van der Waals surface area (Å²) < 4.78 is 0. The highest BCUT2D eigenvalue weighted by molar-refractivity contribution is 6.04. The number of carbonyl (C=O) groups excluding carboxylic acids is 2. The minimum absolute atomic E-state index is 0.0833. The van der Waals surface area contributed by atoms with Crippen LogP contribution >= 0.6 is 0 Å². The van der Waals surface area contributed by atoms with Gasteiger partial charge in [0.25, 0.3) is 0 Å². The molecule has 7 nitrogen and oxygen atoms in total. The molecule has 2 aliphatic heterocycles. The molecule has 2 saturated heterocycles. The first-order chi connectivity index (χ1) is 14.4. The summed E-state index contributed by atoms with van der Waals surface area (Å²) in [7, 11) is 0. The van der Waals surface area contributed by atoms with Gasteiger partial charge in [0.15, 0.2) is 0 Å². The summed E-state index contributed by atoms with van der Waals surface area (Å²) >= 11 is 0. The van der Waals surface area contributed by atoms with Crippen LogP contribution in [0.3, 0.4) is 0 Å². The van der Waals surface area contributed by atoms with Crippen LogP contribution in [0.25, 0.3) is 0 Å². The van der Waals surface area contributed by atoms with Crippen LogP contribution < -0.4 is 15.1 Å². The molecule has 2 fully saturated rings. The zero-order valence-electron chi connectivity index (χ0n) is 16.9. The third-order valence-corrected chi connectivity index (χ3v) is 5.87. The Bertz CT molecular complexity index is 980. The van der Waals surface area contributed by atoms with Gasteiger partial charge in [0, 0.05) is 43.1 Å². The van der Waals surface area contributed by atoms with E-state index in [0.29, 0.717) is 12.2 Å². The number of rotatable bonds is 5. The Morgan fingerprint density at radius 3 is 2.37 bits per heavy atom. The number of anilines is 3. The highest BCUT2D eigenvalue weighted by Crippen LogP contribution is 2.29. The molecular formula is C23H25N3O4. The van der Waals surface area contributed by atoms with Gasteiger partial charge in [-0.2, -0.15) is 0 Å². The number of carbonyl (C=O) groups is 3. The van der Waals surface area contributed by atoms with Crippen molar-refractivity contribution < 1.29 is 19.5 Å². The number of hydrogen-bond donors (Lipinski definition) is 2. The maximum atomic E-state index is 12.8. The van der Waals surface area contributed by atoms with Gasteiger partial charge in [-0.25, -0.2) is 4.79 Å². The standard InChI is InChI=1S/C23H25N3O4/c1-15-4-5-16(23(29)30)12-20(15)24-22(28)17-13-21(27)26(14-17)19-8-6-18(7-9-19)25-10-2-3-11-25/h4-9,12,17H,2-3,10-11,13-14H2,1H3,(H,24,28)(H,29,30). The fourth-order valence-corrected chi connectivity index (χ4v) is 4.08. The molecule has 0 saturated carbocycles. The van der Waals surface area contributed by atoms with Gasteiger partial charge in [-0.1, -0.05) is 6.07 Å². The van der Waals surface area contributed by atoms with Crippen LogP contribution in [0.1, 0.15) is 35.2 Å². The van der Waals surface area contributed by atoms with Crippen LogP contribution in [-0.4, -0.2) is 42.5 Å². The summed E-state index contributed by atoms with van der Waals surface area (Å²) in [6.45, 7) is 4.24. The van der Waals surface area contributed by atoms with Crippen LogP contribution in [0, 0.1) is 12.8 Å². The summed E-state index contributed by atoms with van der Waals surface area (Å²) in [5, 5.41) is 12.0. The lowest BCUT2D eigenvalue weighted by atomic mass is 10.1. The Morgan fingerprint density at radius 1 is 1.03 bits per heavy atom. The van der Waals surface area contributed by atoms with E-state index in [2.05, 4.69) is 10.2 Å². The molecule has 2 amide bonds. The number of nitrogens with one attached hydrogen (secondary N) is 1. The summed E-state index contributed by atoms with van der Waals surface area (Å²) in [6.07, 6.45) is 2.55. The van der Waals surface area contributed by atoms with E-state index in [0.717, 1.165) is 30.0 Å². The van der Waals surface area contributed by atoms with Crippen molar-refractivity contribution in [3.05, 3.63) is 53.6 Å². The second-order valence-electron chi connectivity index (χ2n) is 7.94. The van der Waals surface area contributed by atoms with Gasteiger partial charge >= 0.3 is 5.97 Å². The molecule has 2 aromatic carbocycles. The van der Waals surface area contributed by atoms with Crippen molar-refractivity contribution in [2.45, 2.75) is 26.2 Å². The number of hydrogen-bond acceptors (Lipinski definition) is 4. The van der Waals surface area contributed by atoms with Gasteiger partial charge in [-0.15, -0.1) is 0 Å². The number of nitrogens with zero attached hydrogens (tertiary/aromatic N) is 2. The second-order valence-corrected chi connectivity index (χ2v) is 7.94. The molecular weight excluding hydrogens is 382 g/mol. The third kappa shape index (κ3) is 4.01. The Hall–Kier alpha value is -3.35. The topological polar surface area (TPSA) is 89.9 Å². The molecule has 0 aliphatic carbocycles. The molecule has 0 spiro atoms. The molecule has 1 atom stereocenters. The first-order valence-electron chi connectivity index (χ1n) is 10.2. The molecule has 156 valence electrons. The van der Waals surface area contributed by atoms with E-state index in [4.69, 9.17) is 5.11 Å². The fourth-order valence-electron chi connectivity index (χ4n) is 4.08. The zero-order chi connectivity index (χ0) is 21.3. The number of amides is 2. The first-order valence-corrected chi connectivity index (χ1v) is 10.2. The molecule has 1 unspecified atom stereocenters. The van der Waals surface area contributed by atoms with Gasteiger partial charge in [0.05, 0.1) is 11.5 Å². The number of benzene rings is 2. The van der Waals surface area contributed by atoms with Crippen molar-refractivity contribution in [2.75, 3.05) is 34.8 Å². The Morgan fingerprint density at radius 2 is 1.70 bits per heavy atom. The van der Waals surface area contributed by atoms with Gasteiger partial charge in [0.1, 0.15) is 0 Å². The van der Waals surface area contributed by atoms with Gasteiger partial charge in [-0.3, -0.25) is 9.59 Å². The molecule has 7 heteroatoms. The van der Waals surface area contributed by atoms with E-state index < -0.39 is 11.9 Å². The van der Waals surface area contributed by atoms with Crippen molar-refractivity contribution in [3.8, 4) is 0 Å². The lowest BCUT2D eigenvalue weighted by Gasteiger charge is -2.21. The van der Waals surface area contributed by atoms with Crippen LogP contribution in [0.15, 0.2) is 42.5 Å². The van der Waals surface area contributed by atoms with Crippen LogP contribution in [0.4, 0.5) is 17.1 Å². The maximum Gasteiger partial charge on any atom is 0.335 e. The molecule has 0 aromatic heterocycles. The zero-order valence-corrected chi connectivity index (χ0v) is 16.9. The smallest absolute Gasteiger partial charge is 0.335 e. The monoisotopic (exact) mass is 407 g/mol. The van der Waals surface area contributed by atoms with Gasteiger partial charge < -0.3 is 20.2 Å². The Labute approximate surface area is 175 Å². The van der Waals surface area contributed by atoms with E-state index in [1.54, 1.807) is 17.9 Å². The lowest BCUT2D eigenvalue weighted by molar-refractivity contribution is -0.122. The molecule has 4 rings (SSSR count). The normalized spacial score (nSPS) is 18.7. The first kappa shape index (κ1) is 19.9. The van der Waals surface area contributed by atoms with E-state index >= 15 is 0 Å². The fraction of sp³-hybridized carbons (Fsp3) is 0.348. The number of carboxylic acid groups (broad SMARTS) is 1. The SMILES string of the molecule is Cc1ccc(C(=O)O)cc1NC(=O)C1CC(=O)N(c2ccc(N3CCCC3)cc2)C1. The van der Waals surface area contributed by atoms with Gasteiger partial charge in [0.2, 0.25) is 11.8 Å². The third-order valence-electron chi connectivity index (χ3n) is 5.87. The predicted octanol–water partition coefficient (Wildman–Crippen LogP) is 3.29. The van der Waals surface area contributed by atoms with Crippen molar-refractivity contribution in [1.82, 2.24) is 0 Å². The molecule has 30 heavy (non-hydrogen) atoms. The average Bonchev–Trinajstić information content (AvgIpc) is 3.39. The molecule has 2 heterocycles. The van der Waals surface area contributed by atoms with Crippen molar-refractivity contribution >= 4 is 34.8 Å². The van der Waals surface area contributed by atoms with E-state index in [1.165, 1.54) is 25.0 Å². The van der Waals surface area contributed by atoms with Gasteiger partial charge in [-0.05, 0) is 61.7 Å². The molecule has 2 aliphatic rings. The van der Waals surface area contributed by atoms with Crippen molar-refractivity contribution in [2.24, 2.45) is 5.92 Å². The molecule has 0 radical (unpaired) electrons. The van der Waals surface area contributed by atoms with Crippen molar-refractivity contribution in [1.29, 1.82) is 0 Å². The highest BCUT2D eigenvalue weighted by Gasteiger charge is 2.35. The molecule has 2 aromatic rings. The van der Waals surface area contributed by atoms with E-state index in [1.807, 2.05) is 24.3 Å². The summed E-state index contributed by atoms with van der Waals surface area (Å²) in [6, 6.07) is 12.5. The number of aryl methyl sites for hydroxylation is 1. The molecule has 0 bridgehead atoms. The number of carboxylic acids is 1. The van der Waals surface area contributed by atoms with Crippen LogP contribution in [0.5, 0.6) is 0 Å². The largest absolute Gasteiger partial charge is 0.478 e. The summed E-state index contributed by atoms with van der Waals surface area (Å²) in [5.41, 5.74) is 3.29. The van der Waals surface area contributed by atoms with Crippen LogP contribution in [0.2, 0.25) is 0 Å². The Kier molecular flexibility index (Phi) is 5.44. The summed E-state index contributed by atoms with van der Waals surface area (Å²) in [5.74, 6) is -1.89. The minimum Gasteiger partial charge on any atom is -0.478 e. The lowest BCUT2D eigenvalue weighted by Crippen LogP contribution is -2.28. The van der Waals surface area contributed by atoms with Crippen LogP contribution in [-0.2, 0) is 9.59 Å². The quantitative estimate of drug-likeness (QED) is 0.794. The Balaban J connectivity index is 1.43. The maximum absolute atomic E-state index is 12.8. The average molecular weight is 407 g/mol. The summed E-state index contributed by atoms with van der Waals surface area (Å²) in [4.78, 5) is 40.5. The highest BCUT2D eigenvalue weighted by atomic mass is 16.4. The van der Waals surface area contributed by atoms with E-state index in [-0.39, 0.29) is 23.8 Å². The predicted molar refractivity (Wildman–Crippen MR) is 115 cm³/mol. The number of aromatic carboxylic acids is 1. The minimum atomic E-state index is -1.05. The van der Waals surface area contributed by atoms with Crippen molar-refractivity contribution in [3.63, 3.8) is 0 Å².